The van der Waals surface area contributed by atoms with Gasteiger partial charge in [0, 0.05) is 6.54 Å². The molecule has 5 heteroatoms. The van der Waals surface area contributed by atoms with Crippen molar-refractivity contribution in [3.63, 3.8) is 0 Å². The van der Waals surface area contributed by atoms with Gasteiger partial charge < -0.3 is 5.73 Å². The fraction of sp³-hybridized carbons (Fsp3) is 0.250. The lowest BCUT2D eigenvalue weighted by Gasteiger charge is -2.13. The molecule has 0 fully saturated rings. The maximum atomic E-state index is 12.4. The predicted octanol–water partition coefficient (Wildman–Crippen LogP) is 2.65. The van der Waals surface area contributed by atoms with Crippen LogP contribution in [0.2, 0.25) is 0 Å². The lowest BCUT2D eigenvalue weighted by atomic mass is 10.1. The van der Waals surface area contributed by atoms with E-state index in [4.69, 9.17) is 5.73 Å². The quantitative estimate of drug-likeness (QED) is 0.861. The van der Waals surface area contributed by atoms with E-state index in [1.54, 1.807) is 12.1 Å². The van der Waals surface area contributed by atoms with Gasteiger partial charge in [0.15, 0.2) is 0 Å². The molecular weight excluding hydrogens is 284 g/mol. The van der Waals surface area contributed by atoms with E-state index in [1.807, 2.05) is 43.3 Å². The van der Waals surface area contributed by atoms with E-state index in [9.17, 15) is 8.42 Å². The van der Waals surface area contributed by atoms with Gasteiger partial charge in [-0.2, -0.15) is 0 Å². The van der Waals surface area contributed by atoms with Crippen molar-refractivity contribution in [2.75, 3.05) is 4.72 Å². The average molecular weight is 304 g/mol. The molecule has 0 aromatic heterocycles. The van der Waals surface area contributed by atoms with Crippen LogP contribution < -0.4 is 10.5 Å². The third-order valence-corrected chi connectivity index (χ3v) is 4.57. The van der Waals surface area contributed by atoms with Crippen LogP contribution in [0.1, 0.15) is 23.6 Å². The maximum absolute atomic E-state index is 12.4. The minimum absolute atomic E-state index is 0.0710. The summed E-state index contributed by atoms with van der Waals surface area (Å²) in [7, 11) is -3.46. The molecule has 21 heavy (non-hydrogen) atoms. The van der Waals surface area contributed by atoms with Gasteiger partial charge in [0.1, 0.15) is 0 Å². The summed E-state index contributed by atoms with van der Waals surface area (Å²) in [6.07, 6.45) is 0.776. The average Bonchev–Trinajstić information content (AvgIpc) is 2.47. The highest BCUT2D eigenvalue weighted by atomic mass is 32.2. The summed E-state index contributed by atoms with van der Waals surface area (Å²) < 4.78 is 27.4. The molecule has 0 spiro atoms. The number of benzene rings is 2. The third kappa shape index (κ3) is 4.06. The van der Waals surface area contributed by atoms with Crippen molar-refractivity contribution in [3.05, 3.63) is 65.2 Å². The first-order chi connectivity index (χ1) is 10.1. The van der Waals surface area contributed by atoms with Crippen LogP contribution in [0, 0.1) is 0 Å². The minimum Gasteiger partial charge on any atom is -0.326 e. The lowest BCUT2D eigenvalue weighted by Crippen LogP contribution is -2.17. The molecule has 0 atom stereocenters. The Labute approximate surface area is 126 Å². The molecule has 4 nitrogen and oxygen atoms in total. The molecular formula is C16H20N2O2S. The first-order valence-corrected chi connectivity index (χ1v) is 8.56. The number of para-hydroxylation sites is 1. The summed E-state index contributed by atoms with van der Waals surface area (Å²) >= 11 is 0. The van der Waals surface area contributed by atoms with Crippen molar-refractivity contribution < 1.29 is 8.42 Å². The zero-order valence-electron chi connectivity index (χ0n) is 12.0. The molecule has 2 aromatic carbocycles. The zero-order chi connectivity index (χ0) is 15.3. The van der Waals surface area contributed by atoms with Crippen molar-refractivity contribution in [2.24, 2.45) is 5.73 Å². The SMILES string of the molecule is CCc1ccccc1NS(=O)(=O)Cc1ccccc1CN. The van der Waals surface area contributed by atoms with Crippen LogP contribution in [0.4, 0.5) is 5.69 Å². The molecule has 0 heterocycles. The van der Waals surface area contributed by atoms with E-state index >= 15 is 0 Å². The summed E-state index contributed by atoms with van der Waals surface area (Å²) in [6.45, 7) is 2.33. The van der Waals surface area contributed by atoms with E-state index in [0.29, 0.717) is 12.2 Å². The van der Waals surface area contributed by atoms with Crippen LogP contribution in [0.25, 0.3) is 0 Å². The molecule has 0 aliphatic carbocycles. The predicted molar refractivity (Wildman–Crippen MR) is 86.4 cm³/mol. The van der Waals surface area contributed by atoms with Crippen LogP contribution in [0.5, 0.6) is 0 Å². The highest BCUT2D eigenvalue weighted by Gasteiger charge is 2.15. The van der Waals surface area contributed by atoms with Gasteiger partial charge in [-0.1, -0.05) is 49.4 Å². The normalized spacial score (nSPS) is 11.3. The van der Waals surface area contributed by atoms with Crippen LogP contribution in [-0.4, -0.2) is 8.42 Å². The second-order valence-corrected chi connectivity index (χ2v) is 6.57. The Morgan fingerprint density at radius 2 is 1.52 bits per heavy atom. The molecule has 0 amide bonds. The van der Waals surface area contributed by atoms with E-state index in [-0.39, 0.29) is 5.75 Å². The van der Waals surface area contributed by atoms with Gasteiger partial charge in [-0.25, -0.2) is 8.42 Å². The van der Waals surface area contributed by atoms with Gasteiger partial charge in [-0.05, 0) is 29.2 Å². The van der Waals surface area contributed by atoms with Crippen molar-refractivity contribution in [3.8, 4) is 0 Å². The van der Waals surface area contributed by atoms with Gasteiger partial charge in [0.25, 0.3) is 0 Å². The molecule has 0 radical (unpaired) electrons. The maximum Gasteiger partial charge on any atom is 0.236 e. The summed E-state index contributed by atoms with van der Waals surface area (Å²) in [5.74, 6) is -0.0710. The first kappa shape index (κ1) is 15.5. The number of nitrogens with two attached hydrogens (primary N) is 1. The number of nitrogens with one attached hydrogen (secondary N) is 1. The molecule has 0 saturated heterocycles. The van der Waals surface area contributed by atoms with E-state index in [1.165, 1.54) is 0 Å². The van der Waals surface area contributed by atoms with E-state index in [2.05, 4.69) is 4.72 Å². The smallest absolute Gasteiger partial charge is 0.236 e. The fourth-order valence-electron chi connectivity index (χ4n) is 2.23. The van der Waals surface area contributed by atoms with E-state index in [0.717, 1.165) is 23.1 Å². The van der Waals surface area contributed by atoms with Gasteiger partial charge in [0.05, 0.1) is 11.4 Å². The number of hydrogen-bond acceptors (Lipinski definition) is 3. The van der Waals surface area contributed by atoms with E-state index < -0.39 is 10.0 Å². The molecule has 2 aromatic rings. The van der Waals surface area contributed by atoms with Gasteiger partial charge in [-0.15, -0.1) is 0 Å². The summed E-state index contributed by atoms with van der Waals surface area (Å²) in [5, 5.41) is 0. The number of anilines is 1. The topological polar surface area (TPSA) is 72.2 Å². The largest absolute Gasteiger partial charge is 0.326 e. The van der Waals surface area contributed by atoms with Gasteiger partial charge in [-0.3, -0.25) is 4.72 Å². The van der Waals surface area contributed by atoms with Gasteiger partial charge in [0.2, 0.25) is 10.0 Å². The van der Waals surface area contributed by atoms with Crippen molar-refractivity contribution in [2.45, 2.75) is 25.6 Å². The van der Waals surface area contributed by atoms with Crippen LogP contribution in [0.3, 0.4) is 0 Å². The Hall–Kier alpha value is -1.85. The second kappa shape index (κ2) is 6.74. The minimum atomic E-state index is -3.46. The Morgan fingerprint density at radius 3 is 2.14 bits per heavy atom. The molecule has 0 unspecified atom stereocenters. The number of sulfonamides is 1. The van der Waals surface area contributed by atoms with Gasteiger partial charge >= 0.3 is 0 Å². The Balaban J connectivity index is 2.23. The molecule has 0 aliphatic rings. The standard InChI is InChI=1S/C16H20N2O2S/c1-2-13-7-5-6-10-16(13)18-21(19,20)12-15-9-4-3-8-14(15)11-17/h3-10,18H,2,11-12,17H2,1H3. The van der Waals surface area contributed by atoms with Crippen molar-refractivity contribution in [1.29, 1.82) is 0 Å². The Kier molecular flexibility index (Phi) is 4.98. The van der Waals surface area contributed by atoms with Crippen LogP contribution in [0.15, 0.2) is 48.5 Å². The number of rotatable bonds is 6. The lowest BCUT2D eigenvalue weighted by molar-refractivity contribution is 0.600. The third-order valence-electron chi connectivity index (χ3n) is 3.35. The highest BCUT2D eigenvalue weighted by molar-refractivity contribution is 7.91. The molecule has 0 aliphatic heterocycles. The summed E-state index contributed by atoms with van der Waals surface area (Å²) in [4.78, 5) is 0. The number of hydrogen-bond donors (Lipinski definition) is 2. The Bertz CT molecular complexity index is 656. The molecule has 3 N–H and O–H groups in total. The van der Waals surface area contributed by atoms with Crippen LogP contribution >= 0.6 is 0 Å². The highest BCUT2D eigenvalue weighted by Crippen LogP contribution is 2.19. The molecule has 2 rings (SSSR count). The van der Waals surface area contributed by atoms with Crippen molar-refractivity contribution >= 4 is 15.7 Å². The molecule has 0 bridgehead atoms. The molecule has 0 saturated carbocycles. The fourth-order valence-corrected chi connectivity index (χ4v) is 3.53. The first-order valence-electron chi connectivity index (χ1n) is 6.91. The summed E-state index contributed by atoms with van der Waals surface area (Å²) in [6, 6.07) is 14.8. The zero-order valence-corrected chi connectivity index (χ0v) is 12.9. The Morgan fingerprint density at radius 1 is 0.952 bits per heavy atom. The van der Waals surface area contributed by atoms with Crippen LogP contribution in [-0.2, 0) is 28.7 Å². The van der Waals surface area contributed by atoms with Crippen molar-refractivity contribution in [1.82, 2.24) is 0 Å². The second-order valence-electron chi connectivity index (χ2n) is 4.84. The molecule has 112 valence electrons. The number of aryl methyl sites for hydroxylation is 1. The summed E-state index contributed by atoms with van der Waals surface area (Å²) in [5.41, 5.74) is 8.87. The monoisotopic (exact) mass is 304 g/mol.